The number of carbonyl (C=O) groups is 1. The van der Waals surface area contributed by atoms with Gasteiger partial charge in [0.25, 0.3) is 5.91 Å². The lowest BCUT2D eigenvalue weighted by atomic mass is 10.1. The van der Waals surface area contributed by atoms with Crippen molar-refractivity contribution in [2.45, 2.75) is 6.54 Å². The fraction of sp³-hybridized carbons (Fsp3) is 0.0667. The summed E-state index contributed by atoms with van der Waals surface area (Å²) < 4.78 is 3.19. The van der Waals surface area contributed by atoms with Gasteiger partial charge in [-0.25, -0.2) is 0 Å². The van der Waals surface area contributed by atoms with Crippen LogP contribution < -0.4 is 5.32 Å². The summed E-state index contributed by atoms with van der Waals surface area (Å²) in [5.74, 6) is 0.330. The molecule has 0 saturated heterocycles. The molecular formula is C15H11ClN8O. The third kappa shape index (κ3) is 2.92. The second-order valence-corrected chi connectivity index (χ2v) is 5.58. The van der Waals surface area contributed by atoms with E-state index in [2.05, 4.69) is 31.0 Å². The number of amides is 1. The molecule has 0 spiro atoms. The molecule has 0 fully saturated rings. The van der Waals surface area contributed by atoms with Gasteiger partial charge in [0.1, 0.15) is 6.33 Å². The van der Waals surface area contributed by atoms with E-state index >= 15 is 0 Å². The number of fused-ring (bicyclic) bond motifs is 1. The van der Waals surface area contributed by atoms with Gasteiger partial charge in [0, 0.05) is 11.2 Å². The Labute approximate surface area is 146 Å². The Bertz CT molecular complexity index is 1040. The van der Waals surface area contributed by atoms with E-state index in [1.165, 1.54) is 11.0 Å². The monoisotopic (exact) mass is 354 g/mol. The maximum Gasteiger partial charge on any atom is 0.253 e. The summed E-state index contributed by atoms with van der Waals surface area (Å²) in [6.07, 6.45) is 3.24. The van der Waals surface area contributed by atoms with Gasteiger partial charge in [-0.2, -0.15) is 4.68 Å². The van der Waals surface area contributed by atoms with Gasteiger partial charge in [-0.3, -0.25) is 9.20 Å². The molecule has 124 valence electrons. The fourth-order valence-electron chi connectivity index (χ4n) is 2.42. The quantitative estimate of drug-likeness (QED) is 0.592. The summed E-state index contributed by atoms with van der Waals surface area (Å²) >= 11 is 6.03. The third-order valence-corrected chi connectivity index (χ3v) is 3.83. The molecular weight excluding hydrogens is 344 g/mol. The first-order chi connectivity index (χ1) is 12.2. The Hall–Kier alpha value is -3.33. The SMILES string of the molecule is O=C(NCc1nnc2ccccn12)c1ccc(Cl)cc1-n1cnnn1. The van der Waals surface area contributed by atoms with Gasteiger partial charge in [-0.15, -0.1) is 15.3 Å². The lowest BCUT2D eigenvalue weighted by molar-refractivity contribution is 0.0949. The van der Waals surface area contributed by atoms with Crippen LogP contribution in [0, 0.1) is 0 Å². The molecule has 4 aromatic rings. The van der Waals surface area contributed by atoms with Crippen molar-refractivity contribution in [2.24, 2.45) is 0 Å². The first-order valence-electron chi connectivity index (χ1n) is 7.32. The number of benzene rings is 1. The summed E-state index contributed by atoms with van der Waals surface area (Å²) in [6, 6.07) is 10.5. The van der Waals surface area contributed by atoms with Gasteiger partial charge < -0.3 is 5.32 Å². The van der Waals surface area contributed by atoms with E-state index in [1.807, 2.05) is 28.8 Å². The Kier molecular flexibility index (Phi) is 3.82. The van der Waals surface area contributed by atoms with Crippen LogP contribution in [0.5, 0.6) is 0 Å². The van der Waals surface area contributed by atoms with Gasteiger partial charge in [0.15, 0.2) is 11.5 Å². The molecule has 25 heavy (non-hydrogen) atoms. The maximum absolute atomic E-state index is 12.6. The average Bonchev–Trinajstić information content (AvgIpc) is 3.29. The van der Waals surface area contributed by atoms with E-state index in [4.69, 9.17) is 11.6 Å². The number of carbonyl (C=O) groups excluding carboxylic acids is 1. The highest BCUT2D eigenvalue weighted by molar-refractivity contribution is 6.31. The number of nitrogens with one attached hydrogen (secondary N) is 1. The molecule has 0 saturated carbocycles. The van der Waals surface area contributed by atoms with E-state index in [1.54, 1.807) is 18.2 Å². The Morgan fingerprint density at radius 1 is 1.20 bits per heavy atom. The molecule has 0 aliphatic rings. The molecule has 0 aliphatic carbocycles. The van der Waals surface area contributed by atoms with Crippen LogP contribution in [-0.4, -0.2) is 40.7 Å². The minimum Gasteiger partial charge on any atom is -0.345 e. The zero-order valence-corrected chi connectivity index (χ0v) is 13.5. The predicted molar refractivity (Wildman–Crippen MR) is 88.3 cm³/mol. The molecule has 1 N–H and O–H groups in total. The number of rotatable bonds is 4. The van der Waals surface area contributed by atoms with Crippen molar-refractivity contribution >= 4 is 23.2 Å². The minimum atomic E-state index is -0.296. The molecule has 1 aromatic carbocycles. The largest absolute Gasteiger partial charge is 0.345 e. The molecule has 10 heteroatoms. The topological polar surface area (TPSA) is 103 Å². The molecule has 0 bridgehead atoms. The van der Waals surface area contributed by atoms with Gasteiger partial charge in [0.05, 0.1) is 17.8 Å². The molecule has 0 unspecified atom stereocenters. The number of nitrogens with zero attached hydrogens (tertiary/aromatic N) is 7. The summed E-state index contributed by atoms with van der Waals surface area (Å²) in [5.41, 5.74) is 1.60. The lowest BCUT2D eigenvalue weighted by Crippen LogP contribution is -2.25. The van der Waals surface area contributed by atoms with E-state index in [0.29, 0.717) is 27.7 Å². The second-order valence-electron chi connectivity index (χ2n) is 5.14. The first-order valence-corrected chi connectivity index (χ1v) is 7.70. The summed E-state index contributed by atoms with van der Waals surface area (Å²) in [7, 11) is 0. The summed E-state index contributed by atoms with van der Waals surface area (Å²) in [5, 5.41) is 22.4. The van der Waals surface area contributed by atoms with Crippen molar-refractivity contribution in [2.75, 3.05) is 0 Å². The normalized spacial score (nSPS) is 10.9. The predicted octanol–water partition coefficient (Wildman–Crippen LogP) is 1.29. The smallest absolute Gasteiger partial charge is 0.253 e. The van der Waals surface area contributed by atoms with E-state index < -0.39 is 0 Å². The maximum atomic E-state index is 12.6. The van der Waals surface area contributed by atoms with Gasteiger partial charge >= 0.3 is 0 Å². The number of hydrogen-bond donors (Lipinski definition) is 1. The highest BCUT2D eigenvalue weighted by atomic mass is 35.5. The van der Waals surface area contributed by atoms with Crippen LogP contribution in [0.4, 0.5) is 0 Å². The highest BCUT2D eigenvalue weighted by Gasteiger charge is 2.15. The van der Waals surface area contributed by atoms with Crippen LogP contribution in [-0.2, 0) is 6.54 Å². The van der Waals surface area contributed by atoms with Crippen LogP contribution in [0.25, 0.3) is 11.3 Å². The zero-order chi connectivity index (χ0) is 17.2. The van der Waals surface area contributed by atoms with Gasteiger partial charge in [0.2, 0.25) is 0 Å². The van der Waals surface area contributed by atoms with Crippen LogP contribution in [0.15, 0.2) is 48.9 Å². The third-order valence-electron chi connectivity index (χ3n) is 3.59. The van der Waals surface area contributed by atoms with Crippen LogP contribution in [0.2, 0.25) is 5.02 Å². The van der Waals surface area contributed by atoms with Crippen LogP contribution >= 0.6 is 11.6 Å². The minimum absolute atomic E-state index is 0.224. The molecule has 4 rings (SSSR count). The molecule has 0 atom stereocenters. The average molecular weight is 355 g/mol. The number of tetrazole rings is 1. The number of aromatic nitrogens is 7. The molecule has 9 nitrogen and oxygen atoms in total. The van der Waals surface area contributed by atoms with E-state index in [0.717, 1.165) is 0 Å². The number of pyridine rings is 1. The number of hydrogen-bond acceptors (Lipinski definition) is 6. The van der Waals surface area contributed by atoms with Gasteiger partial charge in [-0.05, 0) is 40.8 Å². The summed E-state index contributed by atoms with van der Waals surface area (Å²) in [6.45, 7) is 0.224. The van der Waals surface area contributed by atoms with Crippen LogP contribution in [0.3, 0.4) is 0 Å². The second kappa shape index (κ2) is 6.29. The van der Waals surface area contributed by atoms with Crippen molar-refractivity contribution in [3.63, 3.8) is 0 Å². The Morgan fingerprint density at radius 3 is 2.96 bits per heavy atom. The zero-order valence-electron chi connectivity index (χ0n) is 12.7. The standard InChI is InChI=1S/C15H11ClN8O/c16-10-4-5-11(12(7-10)24-9-18-21-22-24)15(25)17-8-14-20-19-13-3-1-2-6-23(13)14/h1-7,9H,8H2,(H,17,25). The number of halogens is 1. The first kappa shape index (κ1) is 15.2. The summed E-state index contributed by atoms with van der Waals surface area (Å²) in [4.78, 5) is 12.6. The Balaban J connectivity index is 1.59. The molecule has 0 radical (unpaired) electrons. The Morgan fingerprint density at radius 2 is 2.12 bits per heavy atom. The fourth-order valence-corrected chi connectivity index (χ4v) is 2.59. The van der Waals surface area contributed by atoms with E-state index in [-0.39, 0.29) is 12.5 Å². The highest BCUT2D eigenvalue weighted by Crippen LogP contribution is 2.19. The molecule has 0 aliphatic heterocycles. The van der Waals surface area contributed by atoms with Crippen molar-refractivity contribution in [3.05, 3.63) is 65.3 Å². The van der Waals surface area contributed by atoms with Crippen LogP contribution in [0.1, 0.15) is 16.2 Å². The van der Waals surface area contributed by atoms with E-state index in [9.17, 15) is 4.79 Å². The van der Waals surface area contributed by atoms with Crippen molar-refractivity contribution in [1.82, 2.24) is 40.1 Å². The molecule has 3 aromatic heterocycles. The molecule has 3 heterocycles. The van der Waals surface area contributed by atoms with Crippen molar-refractivity contribution in [1.29, 1.82) is 0 Å². The van der Waals surface area contributed by atoms with Crippen molar-refractivity contribution < 1.29 is 4.79 Å². The lowest BCUT2D eigenvalue weighted by Gasteiger charge is -2.09. The molecule has 1 amide bonds. The van der Waals surface area contributed by atoms with Gasteiger partial charge in [-0.1, -0.05) is 17.7 Å². The van der Waals surface area contributed by atoms with Crippen molar-refractivity contribution in [3.8, 4) is 5.69 Å².